The lowest BCUT2D eigenvalue weighted by Gasteiger charge is -2.30. The molecule has 0 N–H and O–H groups in total. The van der Waals surface area contributed by atoms with E-state index in [0.717, 1.165) is 57.8 Å². The quantitative estimate of drug-likeness (QED) is 0.0486. The Morgan fingerprint density at radius 2 is 1.06 bits per heavy atom. The molecular weight excluding hydrogens is 666 g/mol. The van der Waals surface area contributed by atoms with E-state index in [0.29, 0.717) is 74.2 Å². The van der Waals surface area contributed by atoms with Crippen LogP contribution in [0.15, 0.2) is 6.07 Å². The third-order valence-electron chi connectivity index (χ3n) is 9.94. The van der Waals surface area contributed by atoms with Crippen LogP contribution in [0.1, 0.15) is 196 Å². The van der Waals surface area contributed by atoms with E-state index < -0.39 is 0 Å². The van der Waals surface area contributed by atoms with Crippen LogP contribution < -0.4 is 24.2 Å². The molecule has 2 atom stereocenters. The zero-order valence-electron chi connectivity index (χ0n) is 36.0. The van der Waals surface area contributed by atoms with Crippen molar-refractivity contribution in [2.45, 2.75) is 202 Å². The van der Waals surface area contributed by atoms with Crippen LogP contribution in [0.5, 0.6) is 23.0 Å². The molecule has 8 nitrogen and oxygen atoms in total. The summed E-state index contributed by atoms with van der Waals surface area (Å²) in [7, 11) is 1.68. The van der Waals surface area contributed by atoms with Crippen molar-refractivity contribution >= 4 is 5.69 Å². The van der Waals surface area contributed by atoms with Crippen LogP contribution in [0.4, 0.5) is 5.69 Å². The highest BCUT2D eigenvalue weighted by Gasteiger charge is 2.29. The molecule has 1 aromatic carbocycles. The number of anilines is 1. The summed E-state index contributed by atoms with van der Waals surface area (Å²) >= 11 is 0. The molecule has 0 fully saturated rings. The third-order valence-corrected chi connectivity index (χ3v) is 9.94. The van der Waals surface area contributed by atoms with Crippen molar-refractivity contribution in [2.75, 3.05) is 52.0 Å². The molecule has 1 rings (SSSR count). The number of methoxy groups -OCH3 is 1. The Balaban J connectivity index is 3.40. The molecule has 0 aromatic heterocycles. The van der Waals surface area contributed by atoms with Crippen LogP contribution in [0.3, 0.4) is 0 Å². The minimum Gasteiger partial charge on any atom is -0.489 e. The first-order valence-electron chi connectivity index (χ1n) is 22.3. The zero-order valence-corrected chi connectivity index (χ0v) is 36.0. The maximum absolute atomic E-state index is 6.69. The van der Waals surface area contributed by atoms with Crippen LogP contribution in [0.2, 0.25) is 0 Å². The lowest BCUT2D eigenvalue weighted by atomic mass is 10.0. The zero-order chi connectivity index (χ0) is 38.8. The molecule has 0 bridgehead atoms. The van der Waals surface area contributed by atoms with Crippen molar-refractivity contribution in [1.29, 1.82) is 0 Å². The van der Waals surface area contributed by atoms with Gasteiger partial charge in [-0.25, -0.2) is 9.68 Å². The number of hydrogen-bond acceptors (Lipinski definition) is 8. The summed E-state index contributed by atoms with van der Waals surface area (Å²) in [6.45, 7) is 18.4. The second kappa shape index (κ2) is 34.6. The van der Waals surface area contributed by atoms with E-state index in [4.69, 9.17) is 33.4 Å². The monoisotopic (exact) mass is 752 g/mol. The summed E-state index contributed by atoms with van der Waals surface area (Å²) in [6.07, 6.45) is 27.2. The Morgan fingerprint density at radius 3 is 1.64 bits per heavy atom. The summed E-state index contributed by atoms with van der Waals surface area (Å²) in [5, 5.41) is 1.61. The molecule has 0 spiro atoms. The van der Waals surface area contributed by atoms with Gasteiger partial charge in [0.2, 0.25) is 11.5 Å². The lowest BCUT2D eigenvalue weighted by Crippen LogP contribution is -2.28. The lowest BCUT2D eigenvalue weighted by molar-refractivity contribution is -0.102. The Bertz CT molecular complexity index is 961. The van der Waals surface area contributed by atoms with Gasteiger partial charge >= 0.3 is 0 Å². The Kier molecular flexibility index (Phi) is 32.0. The van der Waals surface area contributed by atoms with E-state index in [2.05, 4.69) is 48.5 Å². The normalized spacial score (nSPS) is 12.5. The van der Waals surface area contributed by atoms with Crippen LogP contribution in [-0.4, -0.2) is 52.9 Å². The first kappa shape index (κ1) is 49.1. The van der Waals surface area contributed by atoms with Gasteiger partial charge in [-0.3, -0.25) is 0 Å². The van der Waals surface area contributed by atoms with E-state index in [1.165, 1.54) is 89.9 Å². The molecule has 1 aromatic rings. The number of hydrogen-bond donors (Lipinski definition) is 0. The molecule has 312 valence electrons. The topological polar surface area (TPSA) is 67.9 Å². The number of nitrogens with zero attached hydrogens (tertiary/aromatic N) is 1. The highest BCUT2D eigenvalue weighted by Crippen LogP contribution is 2.52. The third kappa shape index (κ3) is 22.9. The minimum absolute atomic E-state index is 0.0733. The smallest absolute Gasteiger partial charge is 0.210 e. The average Bonchev–Trinajstić information content (AvgIpc) is 3.17. The first-order valence-corrected chi connectivity index (χ1v) is 22.3. The standard InChI is InChI=1S/C45H85NO7/c1-9-15-19-21-22-23-24-25-26-27-28-30-34-51-46(52-38-40(14-6)31-17-11-3)41-37-42(48-32-18-12-4)44(50-36-35-47-8)45(53-39(7)13-5)43(41)49-33-29-20-16-10-2/h37,39-40H,9-36,38H2,1-8H3. The fourth-order valence-electron chi connectivity index (χ4n) is 6.09. The molecule has 0 radical (unpaired) electrons. The van der Waals surface area contributed by atoms with Crippen LogP contribution in [0, 0.1) is 5.92 Å². The SMILES string of the molecule is CCCCCCCCCCCCCCON(OCC(CC)CCCC)c1cc(OCCCC)c(OCCOC)c(OC(C)CC)c1OCCCCCC. The van der Waals surface area contributed by atoms with Gasteiger partial charge in [-0.2, -0.15) is 0 Å². The predicted molar refractivity (Wildman–Crippen MR) is 223 cm³/mol. The second-order valence-electron chi connectivity index (χ2n) is 14.9. The van der Waals surface area contributed by atoms with E-state index in [-0.39, 0.29) is 6.10 Å². The largest absolute Gasteiger partial charge is 0.489 e. The summed E-state index contributed by atoms with van der Waals surface area (Å²) in [6, 6.07) is 1.97. The van der Waals surface area contributed by atoms with Gasteiger partial charge in [0, 0.05) is 13.2 Å². The Labute approximate surface area is 327 Å². The van der Waals surface area contributed by atoms with Crippen molar-refractivity contribution in [3.63, 3.8) is 0 Å². The van der Waals surface area contributed by atoms with Gasteiger partial charge in [-0.15, -0.1) is 5.23 Å². The average molecular weight is 752 g/mol. The molecule has 2 unspecified atom stereocenters. The first-order chi connectivity index (χ1) is 26.0. The van der Waals surface area contributed by atoms with Gasteiger partial charge in [0.25, 0.3) is 0 Å². The second-order valence-corrected chi connectivity index (χ2v) is 14.9. The summed E-state index contributed by atoms with van der Waals surface area (Å²) < 4.78 is 31.6. The Hall–Kier alpha value is -1.90. The number of rotatable bonds is 39. The predicted octanol–water partition coefficient (Wildman–Crippen LogP) is 13.6. The maximum atomic E-state index is 6.69. The van der Waals surface area contributed by atoms with Crippen molar-refractivity contribution in [1.82, 2.24) is 0 Å². The molecule has 0 amide bonds. The summed E-state index contributed by atoms with van der Waals surface area (Å²) in [5.41, 5.74) is 0.661. The fourth-order valence-corrected chi connectivity index (χ4v) is 6.09. The molecule has 0 saturated carbocycles. The highest BCUT2D eigenvalue weighted by molar-refractivity contribution is 5.73. The van der Waals surface area contributed by atoms with Crippen molar-refractivity contribution < 1.29 is 33.4 Å². The highest BCUT2D eigenvalue weighted by atomic mass is 16.9. The molecule has 0 saturated heterocycles. The molecule has 8 heteroatoms. The molecule has 53 heavy (non-hydrogen) atoms. The van der Waals surface area contributed by atoms with Gasteiger partial charge in [0.1, 0.15) is 12.3 Å². The van der Waals surface area contributed by atoms with E-state index in [1.807, 2.05) is 6.07 Å². The molecule has 0 aliphatic heterocycles. The van der Waals surface area contributed by atoms with E-state index >= 15 is 0 Å². The van der Waals surface area contributed by atoms with Crippen molar-refractivity contribution in [3.8, 4) is 23.0 Å². The molecular formula is C45H85NO7. The van der Waals surface area contributed by atoms with Gasteiger partial charge < -0.3 is 23.7 Å². The molecule has 0 aliphatic rings. The summed E-state index contributed by atoms with van der Waals surface area (Å²) in [4.78, 5) is 13.2. The van der Waals surface area contributed by atoms with E-state index in [9.17, 15) is 0 Å². The van der Waals surface area contributed by atoms with Crippen molar-refractivity contribution in [2.24, 2.45) is 5.92 Å². The number of ether oxygens (including phenoxy) is 5. The van der Waals surface area contributed by atoms with Gasteiger partial charge in [-0.1, -0.05) is 157 Å². The van der Waals surface area contributed by atoms with Crippen molar-refractivity contribution in [3.05, 3.63) is 6.07 Å². The van der Waals surface area contributed by atoms with Gasteiger partial charge in [0.05, 0.1) is 39.1 Å². The van der Waals surface area contributed by atoms with E-state index in [1.54, 1.807) is 12.3 Å². The van der Waals surface area contributed by atoms with Crippen LogP contribution in [0.25, 0.3) is 0 Å². The van der Waals surface area contributed by atoms with Gasteiger partial charge in [-0.05, 0) is 44.9 Å². The Morgan fingerprint density at radius 1 is 0.509 bits per heavy atom. The number of benzene rings is 1. The molecule has 0 aliphatic carbocycles. The number of unbranched alkanes of at least 4 members (excludes halogenated alkanes) is 16. The van der Waals surface area contributed by atoms with Crippen LogP contribution >= 0.6 is 0 Å². The maximum Gasteiger partial charge on any atom is 0.210 e. The van der Waals surface area contributed by atoms with Gasteiger partial charge in [0.15, 0.2) is 11.5 Å². The molecule has 0 heterocycles. The fraction of sp³-hybridized carbons (Fsp3) is 0.867. The van der Waals surface area contributed by atoms with Crippen LogP contribution in [-0.2, 0) is 14.4 Å². The summed E-state index contributed by atoms with van der Waals surface area (Å²) in [5.74, 6) is 2.69. The minimum atomic E-state index is -0.0733.